The Hall–Kier alpha value is -2.17. The summed E-state index contributed by atoms with van der Waals surface area (Å²) in [5.41, 5.74) is 3.06. The molecule has 2 aromatic rings. The average molecular weight is 259 g/mol. The highest BCUT2D eigenvalue weighted by atomic mass is 16.4. The van der Waals surface area contributed by atoms with Crippen molar-refractivity contribution in [3.63, 3.8) is 0 Å². The number of aryl methyl sites for hydroxylation is 2. The number of carbonyl (C=O) groups is 1. The second kappa shape index (κ2) is 6.13. The van der Waals surface area contributed by atoms with Crippen molar-refractivity contribution < 1.29 is 9.90 Å². The monoisotopic (exact) mass is 259 g/mol. The second-order valence-corrected chi connectivity index (χ2v) is 4.54. The van der Waals surface area contributed by atoms with Crippen LogP contribution < -0.4 is 0 Å². The molecule has 5 nitrogen and oxygen atoms in total. The number of benzene rings is 1. The third kappa shape index (κ3) is 3.64. The van der Waals surface area contributed by atoms with E-state index in [0.29, 0.717) is 6.42 Å². The van der Waals surface area contributed by atoms with E-state index in [4.69, 9.17) is 5.11 Å². The van der Waals surface area contributed by atoms with Crippen LogP contribution in [-0.4, -0.2) is 26.1 Å². The lowest BCUT2D eigenvalue weighted by molar-refractivity contribution is -0.137. The van der Waals surface area contributed by atoms with Crippen LogP contribution in [0.3, 0.4) is 0 Å². The van der Waals surface area contributed by atoms with Crippen molar-refractivity contribution in [3.05, 3.63) is 41.7 Å². The number of nitrogens with zero attached hydrogens (tertiary/aromatic N) is 3. The maximum Gasteiger partial charge on any atom is 0.303 e. The lowest BCUT2D eigenvalue weighted by atomic mass is 10.1. The number of aromatic nitrogens is 3. The zero-order valence-corrected chi connectivity index (χ0v) is 10.9. The van der Waals surface area contributed by atoms with Gasteiger partial charge in [0.15, 0.2) is 0 Å². The third-order valence-electron chi connectivity index (χ3n) is 2.98. The lowest BCUT2D eigenvalue weighted by Gasteiger charge is -2.02. The van der Waals surface area contributed by atoms with Crippen molar-refractivity contribution in [1.29, 1.82) is 0 Å². The first-order valence-corrected chi connectivity index (χ1v) is 6.36. The fourth-order valence-electron chi connectivity index (χ4n) is 1.93. The minimum Gasteiger partial charge on any atom is -0.481 e. The topological polar surface area (TPSA) is 68.0 Å². The number of carboxylic acids is 1. The molecule has 0 fully saturated rings. The molecule has 0 spiro atoms. The Labute approximate surface area is 111 Å². The molecule has 0 amide bonds. The summed E-state index contributed by atoms with van der Waals surface area (Å²) in [5.74, 6) is -0.747. The van der Waals surface area contributed by atoms with E-state index in [9.17, 15) is 4.79 Å². The van der Waals surface area contributed by atoms with Crippen LogP contribution in [-0.2, 0) is 11.2 Å². The van der Waals surface area contributed by atoms with Gasteiger partial charge in [-0.25, -0.2) is 4.68 Å². The Kier molecular flexibility index (Phi) is 4.28. The van der Waals surface area contributed by atoms with Gasteiger partial charge in [0.25, 0.3) is 0 Å². The molecule has 0 radical (unpaired) electrons. The van der Waals surface area contributed by atoms with Crippen LogP contribution in [0, 0.1) is 6.92 Å². The van der Waals surface area contributed by atoms with Crippen molar-refractivity contribution in [2.24, 2.45) is 0 Å². The van der Waals surface area contributed by atoms with Gasteiger partial charge in [0.1, 0.15) is 0 Å². The van der Waals surface area contributed by atoms with Gasteiger partial charge >= 0.3 is 5.97 Å². The third-order valence-corrected chi connectivity index (χ3v) is 2.98. The van der Waals surface area contributed by atoms with E-state index in [1.54, 1.807) is 4.68 Å². The molecule has 100 valence electrons. The molecule has 19 heavy (non-hydrogen) atoms. The van der Waals surface area contributed by atoms with E-state index < -0.39 is 5.97 Å². The van der Waals surface area contributed by atoms with Gasteiger partial charge in [-0.1, -0.05) is 23.4 Å². The van der Waals surface area contributed by atoms with Crippen molar-refractivity contribution in [3.8, 4) is 5.69 Å². The summed E-state index contributed by atoms with van der Waals surface area (Å²) in [6.45, 7) is 2.03. The molecule has 1 aromatic carbocycles. The van der Waals surface area contributed by atoms with Gasteiger partial charge in [-0.15, -0.1) is 5.10 Å². The van der Waals surface area contributed by atoms with Crippen LogP contribution >= 0.6 is 0 Å². The van der Waals surface area contributed by atoms with Crippen LogP contribution in [0.4, 0.5) is 0 Å². The normalized spacial score (nSPS) is 10.6. The number of para-hydroxylation sites is 1. The molecular formula is C14H17N3O2. The fraction of sp³-hybridized carbons (Fsp3) is 0.357. The summed E-state index contributed by atoms with van der Waals surface area (Å²) < 4.78 is 1.77. The predicted molar refractivity (Wildman–Crippen MR) is 71.3 cm³/mol. The molecule has 0 saturated carbocycles. The Morgan fingerprint density at radius 3 is 2.84 bits per heavy atom. The smallest absolute Gasteiger partial charge is 0.303 e. The fourth-order valence-corrected chi connectivity index (χ4v) is 1.93. The van der Waals surface area contributed by atoms with Gasteiger partial charge in [0.05, 0.1) is 17.6 Å². The molecule has 0 atom stereocenters. The maximum atomic E-state index is 10.4. The van der Waals surface area contributed by atoms with Gasteiger partial charge in [-0.2, -0.15) is 0 Å². The van der Waals surface area contributed by atoms with Crippen LogP contribution in [0.5, 0.6) is 0 Å². The van der Waals surface area contributed by atoms with E-state index in [0.717, 1.165) is 29.8 Å². The molecule has 1 N–H and O–H groups in total. The van der Waals surface area contributed by atoms with Crippen LogP contribution in [0.25, 0.3) is 5.69 Å². The Balaban J connectivity index is 1.96. The molecule has 0 aliphatic heterocycles. The first kappa shape index (κ1) is 13.3. The van der Waals surface area contributed by atoms with Crippen LogP contribution in [0.1, 0.15) is 30.5 Å². The number of hydrogen-bond acceptors (Lipinski definition) is 3. The summed E-state index contributed by atoms with van der Waals surface area (Å²) in [6, 6.07) is 7.99. The van der Waals surface area contributed by atoms with E-state index >= 15 is 0 Å². The summed E-state index contributed by atoms with van der Waals surface area (Å²) in [4.78, 5) is 10.4. The summed E-state index contributed by atoms with van der Waals surface area (Å²) >= 11 is 0. The molecule has 5 heteroatoms. The Bertz CT molecular complexity index is 563. The van der Waals surface area contributed by atoms with E-state index in [2.05, 4.69) is 10.3 Å². The first-order valence-electron chi connectivity index (χ1n) is 6.36. The standard InChI is InChI=1S/C14H17N3O2/c1-11-6-2-4-8-13(11)17-10-12(15-16-17)7-3-5-9-14(18)19/h2,4,6,8,10H,3,5,7,9H2,1H3,(H,18,19). The highest BCUT2D eigenvalue weighted by molar-refractivity contribution is 5.66. The highest BCUT2D eigenvalue weighted by Gasteiger charge is 2.05. The molecule has 0 saturated heterocycles. The molecule has 2 rings (SSSR count). The van der Waals surface area contributed by atoms with Crippen LogP contribution in [0.15, 0.2) is 30.5 Å². The van der Waals surface area contributed by atoms with Gasteiger partial charge in [0, 0.05) is 6.42 Å². The predicted octanol–water partition coefficient (Wildman–Crippen LogP) is 2.37. The van der Waals surface area contributed by atoms with Crippen molar-refractivity contribution >= 4 is 5.97 Å². The van der Waals surface area contributed by atoms with Gasteiger partial charge in [-0.3, -0.25) is 4.79 Å². The number of carboxylic acid groups (broad SMARTS) is 1. The summed E-state index contributed by atoms with van der Waals surface area (Å²) in [6.07, 6.45) is 4.37. The minimum atomic E-state index is -0.747. The van der Waals surface area contributed by atoms with E-state index in [1.807, 2.05) is 37.4 Å². The zero-order valence-electron chi connectivity index (χ0n) is 10.9. The van der Waals surface area contributed by atoms with Crippen molar-refractivity contribution in [2.45, 2.75) is 32.6 Å². The van der Waals surface area contributed by atoms with Crippen LogP contribution in [0.2, 0.25) is 0 Å². The molecule has 0 bridgehead atoms. The van der Waals surface area contributed by atoms with E-state index in [1.165, 1.54) is 0 Å². The Morgan fingerprint density at radius 2 is 2.11 bits per heavy atom. The number of aliphatic carboxylic acids is 1. The molecule has 1 aromatic heterocycles. The van der Waals surface area contributed by atoms with Gasteiger partial charge in [0.2, 0.25) is 0 Å². The molecule has 0 aliphatic carbocycles. The zero-order chi connectivity index (χ0) is 13.7. The maximum absolute atomic E-state index is 10.4. The van der Waals surface area contributed by atoms with Crippen molar-refractivity contribution in [2.75, 3.05) is 0 Å². The number of hydrogen-bond donors (Lipinski definition) is 1. The molecular weight excluding hydrogens is 242 g/mol. The molecule has 0 aliphatic rings. The molecule has 1 heterocycles. The average Bonchev–Trinajstić information content (AvgIpc) is 2.83. The summed E-state index contributed by atoms with van der Waals surface area (Å²) in [5, 5.41) is 16.8. The minimum absolute atomic E-state index is 0.214. The lowest BCUT2D eigenvalue weighted by Crippen LogP contribution is -1.97. The quantitative estimate of drug-likeness (QED) is 0.809. The van der Waals surface area contributed by atoms with Gasteiger partial charge in [-0.05, 0) is 37.8 Å². The highest BCUT2D eigenvalue weighted by Crippen LogP contribution is 2.13. The second-order valence-electron chi connectivity index (χ2n) is 4.54. The van der Waals surface area contributed by atoms with Crippen molar-refractivity contribution in [1.82, 2.24) is 15.0 Å². The molecule has 0 unspecified atom stereocenters. The van der Waals surface area contributed by atoms with E-state index in [-0.39, 0.29) is 6.42 Å². The number of unbranched alkanes of at least 4 members (excludes halogenated alkanes) is 1. The van der Waals surface area contributed by atoms with Gasteiger partial charge < -0.3 is 5.11 Å². The number of rotatable bonds is 6. The summed E-state index contributed by atoms with van der Waals surface area (Å²) in [7, 11) is 0. The largest absolute Gasteiger partial charge is 0.481 e. The first-order chi connectivity index (χ1) is 9.16. The Morgan fingerprint density at radius 1 is 1.32 bits per heavy atom. The SMILES string of the molecule is Cc1ccccc1-n1cc(CCCCC(=O)O)nn1.